The molecule has 5 heteroatoms. The molecule has 1 aromatic rings. The number of nitrogens with two attached hydrogens (primary N) is 1. The van der Waals surface area contributed by atoms with Crippen LogP contribution < -0.4 is 11.1 Å². The Morgan fingerprint density at radius 2 is 2.29 bits per heavy atom. The van der Waals surface area contributed by atoms with Gasteiger partial charge in [-0.15, -0.1) is 12.4 Å². The molecule has 3 N–H and O–H groups in total. The van der Waals surface area contributed by atoms with Crippen molar-refractivity contribution in [3.05, 3.63) is 24.0 Å². The third kappa shape index (κ3) is 4.23. The second kappa shape index (κ2) is 5.87. The van der Waals surface area contributed by atoms with E-state index in [1.807, 2.05) is 0 Å². The molecule has 0 aliphatic heterocycles. The third-order valence-electron chi connectivity index (χ3n) is 2.91. The number of aromatic nitrogens is 1. The molecule has 1 amide bonds. The number of pyridine rings is 1. The lowest BCUT2D eigenvalue weighted by Crippen LogP contribution is -2.35. The number of nitrogen functional groups attached to an aromatic ring is 1. The fourth-order valence-electron chi connectivity index (χ4n) is 1.72. The second-order valence-electron chi connectivity index (χ2n) is 4.45. The Labute approximate surface area is 107 Å². The maximum Gasteiger partial charge on any atom is 0.226 e. The lowest BCUT2D eigenvalue weighted by Gasteiger charge is -2.12. The van der Waals surface area contributed by atoms with Crippen molar-refractivity contribution in [1.82, 2.24) is 10.3 Å². The number of carbonyl (C=O) groups excluding carboxylic acids is 1. The van der Waals surface area contributed by atoms with Crippen LogP contribution in [0.15, 0.2) is 18.3 Å². The van der Waals surface area contributed by atoms with Gasteiger partial charge in [-0.1, -0.05) is 0 Å². The molecule has 0 radical (unpaired) electrons. The van der Waals surface area contributed by atoms with Crippen LogP contribution in [0.3, 0.4) is 0 Å². The van der Waals surface area contributed by atoms with Gasteiger partial charge in [0.1, 0.15) is 0 Å². The highest BCUT2D eigenvalue weighted by molar-refractivity contribution is 5.85. The van der Waals surface area contributed by atoms with Gasteiger partial charge >= 0.3 is 0 Å². The van der Waals surface area contributed by atoms with Crippen molar-refractivity contribution >= 4 is 24.0 Å². The highest BCUT2D eigenvalue weighted by atomic mass is 35.5. The van der Waals surface area contributed by atoms with Gasteiger partial charge in [0, 0.05) is 11.7 Å². The number of amides is 1. The van der Waals surface area contributed by atoms with Gasteiger partial charge in [-0.05, 0) is 37.8 Å². The van der Waals surface area contributed by atoms with E-state index in [0.29, 0.717) is 24.1 Å². The predicted octanol–water partition coefficient (Wildman–Crippen LogP) is 1.54. The summed E-state index contributed by atoms with van der Waals surface area (Å²) in [5, 5.41) is 2.99. The van der Waals surface area contributed by atoms with Crippen LogP contribution in [0.25, 0.3) is 0 Å². The van der Waals surface area contributed by atoms with E-state index < -0.39 is 0 Å². The molecule has 1 atom stereocenters. The molecule has 1 heterocycles. The summed E-state index contributed by atoms with van der Waals surface area (Å²) in [6.45, 7) is 2.06. The molecule has 1 aliphatic carbocycles. The summed E-state index contributed by atoms with van der Waals surface area (Å²) in [7, 11) is 0. The fraction of sp³-hybridized carbons (Fsp3) is 0.500. The lowest BCUT2D eigenvalue weighted by molar-refractivity contribution is -0.121. The molecule has 0 saturated heterocycles. The van der Waals surface area contributed by atoms with E-state index in [9.17, 15) is 4.79 Å². The van der Waals surface area contributed by atoms with Crippen molar-refractivity contribution in [2.45, 2.75) is 32.2 Å². The highest BCUT2D eigenvalue weighted by Gasteiger charge is 2.28. The van der Waals surface area contributed by atoms with Crippen LogP contribution in [0.1, 0.15) is 25.5 Å². The Morgan fingerprint density at radius 1 is 1.59 bits per heavy atom. The quantitative estimate of drug-likeness (QED) is 0.858. The number of nitrogens with zero attached hydrogens (tertiary/aromatic N) is 1. The first-order chi connectivity index (χ1) is 7.65. The molecule has 4 nitrogen and oxygen atoms in total. The van der Waals surface area contributed by atoms with Gasteiger partial charge in [0.15, 0.2) is 0 Å². The van der Waals surface area contributed by atoms with E-state index in [1.54, 1.807) is 18.3 Å². The molecular formula is C12H18ClN3O. The van der Waals surface area contributed by atoms with Crippen molar-refractivity contribution in [2.24, 2.45) is 5.92 Å². The Morgan fingerprint density at radius 3 is 2.82 bits per heavy atom. The minimum Gasteiger partial charge on any atom is -0.397 e. The molecule has 1 unspecified atom stereocenters. The number of hydrogen-bond donors (Lipinski definition) is 2. The van der Waals surface area contributed by atoms with Gasteiger partial charge in [0.25, 0.3) is 0 Å². The van der Waals surface area contributed by atoms with Crippen LogP contribution in [0.2, 0.25) is 0 Å². The number of halogens is 1. The van der Waals surface area contributed by atoms with E-state index in [2.05, 4.69) is 17.2 Å². The molecule has 0 aromatic carbocycles. The zero-order valence-corrected chi connectivity index (χ0v) is 10.7. The molecule has 1 saturated carbocycles. The molecule has 0 bridgehead atoms. The van der Waals surface area contributed by atoms with Gasteiger partial charge in [-0.2, -0.15) is 0 Å². The summed E-state index contributed by atoms with van der Waals surface area (Å²) in [5.41, 5.74) is 6.90. The average molecular weight is 256 g/mol. The SMILES string of the molecule is CC(NC(=O)Cc1ccc(N)cn1)C1CC1.Cl. The molecule has 94 valence electrons. The summed E-state index contributed by atoms with van der Waals surface area (Å²) in [6, 6.07) is 3.85. The molecule has 2 rings (SSSR count). The number of rotatable bonds is 4. The van der Waals surface area contributed by atoms with Gasteiger partial charge in [-0.3, -0.25) is 9.78 Å². The third-order valence-corrected chi connectivity index (χ3v) is 2.91. The van der Waals surface area contributed by atoms with E-state index in [-0.39, 0.29) is 18.3 Å². The van der Waals surface area contributed by atoms with Gasteiger partial charge in [0.2, 0.25) is 5.91 Å². The fourth-order valence-corrected chi connectivity index (χ4v) is 1.72. The van der Waals surface area contributed by atoms with Crippen molar-refractivity contribution in [3.63, 3.8) is 0 Å². The van der Waals surface area contributed by atoms with Gasteiger partial charge in [0.05, 0.1) is 18.3 Å². The molecule has 0 spiro atoms. The molecule has 1 aliphatic rings. The average Bonchev–Trinajstić information content (AvgIpc) is 3.04. The van der Waals surface area contributed by atoms with Gasteiger partial charge < -0.3 is 11.1 Å². The van der Waals surface area contributed by atoms with Crippen molar-refractivity contribution in [2.75, 3.05) is 5.73 Å². The lowest BCUT2D eigenvalue weighted by atomic mass is 10.2. The standard InChI is InChI=1S/C12H17N3O.ClH/c1-8(9-2-3-9)15-12(16)6-11-5-4-10(13)7-14-11;/h4-5,7-9H,2-3,6,13H2,1H3,(H,15,16);1H. The van der Waals surface area contributed by atoms with Crippen LogP contribution in [0.5, 0.6) is 0 Å². The van der Waals surface area contributed by atoms with Gasteiger partial charge in [-0.25, -0.2) is 0 Å². The summed E-state index contributed by atoms with van der Waals surface area (Å²) in [5.74, 6) is 0.722. The summed E-state index contributed by atoms with van der Waals surface area (Å²) in [6.07, 6.45) is 4.38. The highest BCUT2D eigenvalue weighted by Crippen LogP contribution is 2.32. The van der Waals surface area contributed by atoms with Crippen LogP contribution in [-0.4, -0.2) is 16.9 Å². The Kier molecular flexibility index (Phi) is 4.75. The minimum absolute atomic E-state index is 0. The number of nitrogens with one attached hydrogen (secondary N) is 1. The monoisotopic (exact) mass is 255 g/mol. The maximum atomic E-state index is 11.7. The number of carbonyl (C=O) groups is 1. The van der Waals surface area contributed by atoms with E-state index in [0.717, 1.165) is 5.69 Å². The first kappa shape index (κ1) is 13.8. The molecular weight excluding hydrogens is 238 g/mol. The number of hydrogen-bond acceptors (Lipinski definition) is 3. The normalized spacial score (nSPS) is 15.8. The maximum absolute atomic E-state index is 11.7. The first-order valence-corrected chi connectivity index (χ1v) is 5.65. The summed E-state index contributed by atoms with van der Waals surface area (Å²) < 4.78 is 0. The smallest absolute Gasteiger partial charge is 0.226 e. The van der Waals surface area contributed by atoms with E-state index >= 15 is 0 Å². The van der Waals surface area contributed by atoms with Crippen molar-refractivity contribution in [3.8, 4) is 0 Å². The Hall–Kier alpha value is -1.29. The van der Waals surface area contributed by atoms with Crippen LogP contribution in [-0.2, 0) is 11.2 Å². The molecule has 1 fully saturated rings. The first-order valence-electron chi connectivity index (χ1n) is 5.65. The minimum atomic E-state index is 0. The summed E-state index contributed by atoms with van der Waals surface area (Å²) >= 11 is 0. The van der Waals surface area contributed by atoms with Crippen LogP contribution in [0.4, 0.5) is 5.69 Å². The largest absolute Gasteiger partial charge is 0.397 e. The van der Waals surface area contributed by atoms with Crippen molar-refractivity contribution < 1.29 is 4.79 Å². The van der Waals surface area contributed by atoms with E-state index in [4.69, 9.17) is 5.73 Å². The van der Waals surface area contributed by atoms with Crippen molar-refractivity contribution in [1.29, 1.82) is 0 Å². The zero-order valence-electron chi connectivity index (χ0n) is 9.85. The predicted molar refractivity (Wildman–Crippen MR) is 69.9 cm³/mol. The summed E-state index contributed by atoms with van der Waals surface area (Å²) in [4.78, 5) is 15.8. The van der Waals surface area contributed by atoms with Crippen LogP contribution >= 0.6 is 12.4 Å². The molecule has 1 aromatic heterocycles. The Balaban J connectivity index is 0.00000144. The number of anilines is 1. The van der Waals surface area contributed by atoms with Crippen LogP contribution in [0, 0.1) is 5.92 Å². The van der Waals surface area contributed by atoms with E-state index in [1.165, 1.54) is 12.8 Å². The molecule has 17 heavy (non-hydrogen) atoms. The zero-order chi connectivity index (χ0) is 11.5. The second-order valence-corrected chi connectivity index (χ2v) is 4.45. The Bertz CT molecular complexity index is 376. The topological polar surface area (TPSA) is 68.0 Å².